The Morgan fingerprint density at radius 3 is 2.64 bits per heavy atom. The summed E-state index contributed by atoms with van der Waals surface area (Å²) in [5, 5.41) is 0. The molecule has 2 aliphatic rings. The average Bonchev–Trinajstić information content (AvgIpc) is 3.12. The zero-order chi connectivity index (χ0) is 15.2. The molecule has 22 heavy (non-hydrogen) atoms. The molecule has 3 unspecified atom stereocenters. The van der Waals surface area contributed by atoms with Crippen LogP contribution in [0, 0.1) is 5.92 Å². The van der Waals surface area contributed by atoms with Gasteiger partial charge in [0, 0.05) is 25.0 Å². The molecule has 122 valence electrons. The van der Waals surface area contributed by atoms with Gasteiger partial charge in [-0.25, -0.2) is 0 Å². The lowest BCUT2D eigenvalue weighted by Crippen LogP contribution is -2.33. The quantitative estimate of drug-likeness (QED) is 0.904. The molecule has 0 spiro atoms. The molecule has 0 aromatic heterocycles. The van der Waals surface area contributed by atoms with Crippen LogP contribution in [0.15, 0.2) is 24.3 Å². The molecule has 3 nitrogen and oxygen atoms in total. The topological polar surface area (TPSA) is 46.3 Å². The molecule has 1 heterocycles. The molecule has 2 fully saturated rings. The Morgan fingerprint density at radius 1 is 1.32 bits per heavy atom. The number of hydrogen-bond donors (Lipinski definition) is 1. The van der Waals surface area contributed by atoms with Crippen LogP contribution in [0.2, 0.25) is 0 Å². The highest BCUT2D eigenvalue weighted by molar-refractivity contribution is 5.85. The van der Waals surface area contributed by atoms with Crippen LogP contribution in [0.3, 0.4) is 0 Å². The van der Waals surface area contributed by atoms with E-state index in [-0.39, 0.29) is 36.2 Å². The predicted octanol–water partition coefficient (Wildman–Crippen LogP) is 2.79. The third kappa shape index (κ3) is 3.38. The van der Waals surface area contributed by atoms with Gasteiger partial charge in [-0.15, -0.1) is 12.4 Å². The smallest absolute Gasteiger partial charge is 0.341 e. The highest BCUT2D eigenvalue weighted by Gasteiger charge is 2.47. The number of nitrogens with two attached hydrogens (primary N) is 1. The minimum absolute atomic E-state index is 0. The second kappa shape index (κ2) is 6.08. The predicted molar refractivity (Wildman–Crippen MR) is 78.7 cm³/mol. The second-order valence-corrected chi connectivity index (χ2v) is 5.90. The molecule has 2 N–H and O–H groups in total. The number of carbonyl (C=O) groups is 1. The van der Waals surface area contributed by atoms with E-state index in [0.29, 0.717) is 25.1 Å². The maximum Gasteiger partial charge on any atom is 0.416 e. The van der Waals surface area contributed by atoms with Gasteiger partial charge in [-0.3, -0.25) is 4.79 Å². The van der Waals surface area contributed by atoms with Gasteiger partial charge in [-0.1, -0.05) is 18.2 Å². The number of likely N-dealkylation sites (tertiary alicyclic amines) is 1. The Kier molecular flexibility index (Phi) is 4.73. The lowest BCUT2D eigenvalue weighted by Gasteiger charge is -2.15. The van der Waals surface area contributed by atoms with Crippen molar-refractivity contribution in [2.45, 2.75) is 31.0 Å². The number of nitrogens with zero attached hydrogens (tertiary/aromatic N) is 1. The van der Waals surface area contributed by atoms with E-state index in [0.717, 1.165) is 18.6 Å². The minimum atomic E-state index is -4.34. The van der Waals surface area contributed by atoms with Crippen molar-refractivity contribution >= 4 is 18.3 Å². The molecule has 1 saturated carbocycles. The Bertz CT molecular complexity index is 564. The number of amides is 1. The van der Waals surface area contributed by atoms with Crippen molar-refractivity contribution < 1.29 is 18.0 Å². The highest BCUT2D eigenvalue weighted by Crippen LogP contribution is 2.49. The summed E-state index contributed by atoms with van der Waals surface area (Å²) >= 11 is 0. The van der Waals surface area contributed by atoms with Crippen LogP contribution in [-0.4, -0.2) is 29.9 Å². The van der Waals surface area contributed by atoms with Crippen LogP contribution < -0.4 is 5.73 Å². The fraction of sp³-hybridized carbons (Fsp3) is 0.533. The van der Waals surface area contributed by atoms with E-state index in [4.69, 9.17) is 5.73 Å². The molecule has 1 aromatic rings. The number of hydrogen-bond acceptors (Lipinski definition) is 2. The molecule has 0 bridgehead atoms. The zero-order valence-corrected chi connectivity index (χ0v) is 12.7. The van der Waals surface area contributed by atoms with Gasteiger partial charge in [0.2, 0.25) is 5.91 Å². The summed E-state index contributed by atoms with van der Waals surface area (Å²) < 4.78 is 38.1. The first-order valence-electron chi connectivity index (χ1n) is 7.08. The molecule has 0 radical (unpaired) electrons. The van der Waals surface area contributed by atoms with Gasteiger partial charge >= 0.3 is 6.18 Å². The van der Waals surface area contributed by atoms with Crippen LogP contribution in [0.5, 0.6) is 0 Å². The SMILES string of the molecule is Cl.NC1CCN(C(=O)C2CC2c2cccc(C(F)(F)F)c2)C1. The number of alkyl halides is 3. The Labute approximate surface area is 133 Å². The molecule has 3 rings (SSSR count). The summed E-state index contributed by atoms with van der Waals surface area (Å²) in [6, 6.07) is 5.32. The molecule has 1 saturated heterocycles. The number of halogens is 4. The third-order valence-electron chi connectivity index (χ3n) is 4.29. The molecule has 3 atom stereocenters. The first-order chi connectivity index (χ1) is 9.86. The summed E-state index contributed by atoms with van der Waals surface area (Å²) in [6.45, 7) is 1.22. The lowest BCUT2D eigenvalue weighted by atomic mass is 10.1. The second-order valence-electron chi connectivity index (χ2n) is 5.90. The number of benzene rings is 1. The van der Waals surface area contributed by atoms with Gasteiger partial charge in [-0.2, -0.15) is 13.2 Å². The van der Waals surface area contributed by atoms with Gasteiger partial charge in [0.15, 0.2) is 0 Å². The standard InChI is InChI=1S/C15H17F3N2O.ClH/c16-15(17,18)10-3-1-2-9(6-10)12-7-13(12)14(21)20-5-4-11(19)8-20;/h1-3,6,11-13H,4-5,7-8,19H2;1H. The molecule has 7 heteroatoms. The Hall–Kier alpha value is -1.27. The third-order valence-corrected chi connectivity index (χ3v) is 4.29. The Balaban J connectivity index is 0.00000176. The summed E-state index contributed by atoms with van der Waals surface area (Å²) in [7, 11) is 0. The van der Waals surface area contributed by atoms with Gasteiger partial charge < -0.3 is 10.6 Å². The van der Waals surface area contributed by atoms with E-state index < -0.39 is 11.7 Å². The van der Waals surface area contributed by atoms with Crippen molar-refractivity contribution in [2.75, 3.05) is 13.1 Å². The summed E-state index contributed by atoms with van der Waals surface area (Å²) in [5.41, 5.74) is 5.73. The summed E-state index contributed by atoms with van der Waals surface area (Å²) in [6.07, 6.45) is -2.91. The van der Waals surface area contributed by atoms with Crippen molar-refractivity contribution in [3.8, 4) is 0 Å². The Morgan fingerprint density at radius 2 is 2.05 bits per heavy atom. The van der Waals surface area contributed by atoms with Crippen molar-refractivity contribution in [3.05, 3.63) is 35.4 Å². The number of rotatable bonds is 2. The fourth-order valence-electron chi connectivity index (χ4n) is 3.00. The maximum atomic E-state index is 12.7. The van der Waals surface area contributed by atoms with Gasteiger partial charge in [0.05, 0.1) is 5.56 Å². The first kappa shape index (κ1) is 17.1. The van der Waals surface area contributed by atoms with E-state index in [1.807, 2.05) is 0 Å². The van der Waals surface area contributed by atoms with Crippen molar-refractivity contribution in [3.63, 3.8) is 0 Å². The molecule has 1 amide bonds. The van der Waals surface area contributed by atoms with Crippen LogP contribution in [0.4, 0.5) is 13.2 Å². The minimum Gasteiger partial charge on any atom is -0.341 e. The van der Waals surface area contributed by atoms with Crippen LogP contribution in [0.25, 0.3) is 0 Å². The lowest BCUT2D eigenvalue weighted by molar-refractivity contribution is -0.137. The van der Waals surface area contributed by atoms with Gasteiger partial charge in [0.25, 0.3) is 0 Å². The largest absolute Gasteiger partial charge is 0.416 e. The normalized spacial score (nSPS) is 27.5. The van der Waals surface area contributed by atoms with E-state index in [9.17, 15) is 18.0 Å². The number of carbonyl (C=O) groups excluding carboxylic acids is 1. The van der Waals surface area contributed by atoms with Crippen molar-refractivity contribution in [1.29, 1.82) is 0 Å². The maximum absolute atomic E-state index is 12.7. The van der Waals surface area contributed by atoms with E-state index in [2.05, 4.69) is 0 Å². The molecule has 1 aliphatic heterocycles. The van der Waals surface area contributed by atoms with Gasteiger partial charge in [0.1, 0.15) is 0 Å². The van der Waals surface area contributed by atoms with E-state index in [1.54, 1.807) is 11.0 Å². The fourth-order valence-corrected chi connectivity index (χ4v) is 3.00. The van der Waals surface area contributed by atoms with Crippen LogP contribution in [0.1, 0.15) is 29.9 Å². The van der Waals surface area contributed by atoms with Crippen LogP contribution >= 0.6 is 12.4 Å². The average molecular weight is 335 g/mol. The van der Waals surface area contributed by atoms with E-state index in [1.165, 1.54) is 6.07 Å². The first-order valence-corrected chi connectivity index (χ1v) is 7.08. The van der Waals surface area contributed by atoms with Crippen molar-refractivity contribution in [1.82, 2.24) is 4.90 Å². The van der Waals surface area contributed by atoms with Gasteiger partial charge in [-0.05, 0) is 30.4 Å². The molecular formula is C15H18ClF3N2O. The molecular weight excluding hydrogens is 317 g/mol. The van der Waals surface area contributed by atoms with Crippen molar-refractivity contribution in [2.24, 2.45) is 11.7 Å². The monoisotopic (exact) mass is 334 g/mol. The van der Waals surface area contributed by atoms with Crippen LogP contribution in [-0.2, 0) is 11.0 Å². The summed E-state index contributed by atoms with van der Waals surface area (Å²) in [5.74, 6) is -0.235. The zero-order valence-electron chi connectivity index (χ0n) is 11.8. The molecule has 1 aliphatic carbocycles. The molecule has 1 aromatic carbocycles. The highest BCUT2D eigenvalue weighted by atomic mass is 35.5. The summed E-state index contributed by atoms with van der Waals surface area (Å²) in [4.78, 5) is 14.0. The van der Waals surface area contributed by atoms with E-state index >= 15 is 0 Å².